The predicted molar refractivity (Wildman–Crippen MR) is 117 cm³/mol. The molecule has 0 atom stereocenters. The summed E-state index contributed by atoms with van der Waals surface area (Å²) in [5.41, 5.74) is 3.14. The van der Waals surface area contributed by atoms with Gasteiger partial charge in [0.05, 0.1) is 16.8 Å². The minimum Gasteiger partial charge on any atom is -0.508 e. The van der Waals surface area contributed by atoms with Crippen molar-refractivity contribution < 1.29 is 5.11 Å². The second kappa shape index (κ2) is 8.82. The molecule has 0 aliphatic rings. The lowest BCUT2D eigenvalue weighted by molar-refractivity contribution is 0.475. The molecule has 2 aromatic carbocycles. The molecule has 0 spiro atoms. The Kier molecular flexibility index (Phi) is 5.80. The van der Waals surface area contributed by atoms with Gasteiger partial charge in [0.1, 0.15) is 5.75 Å². The van der Waals surface area contributed by atoms with Crippen LogP contribution in [0.1, 0.15) is 11.1 Å². The first-order valence-corrected chi connectivity index (χ1v) is 10.7. The zero-order valence-corrected chi connectivity index (χ0v) is 16.7. The van der Waals surface area contributed by atoms with Gasteiger partial charge in [0.15, 0.2) is 0 Å². The topological polar surface area (TPSA) is 49.9 Å². The molecule has 0 radical (unpaired) electrons. The molecule has 2 heterocycles. The minimum atomic E-state index is 0.227. The van der Waals surface area contributed by atoms with Gasteiger partial charge in [-0.15, -0.1) is 22.7 Å². The molecule has 28 heavy (non-hydrogen) atoms. The van der Waals surface area contributed by atoms with E-state index in [4.69, 9.17) is 4.99 Å². The van der Waals surface area contributed by atoms with Gasteiger partial charge in [-0.3, -0.25) is 4.99 Å². The van der Waals surface area contributed by atoms with E-state index < -0.39 is 0 Å². The summed E-state index contributed by atoms with van der Waals surface area (Å²) in [5.74, 6) is 0.227. The second-order valence-corrected chi connectivity index (χ2v) is 7.93. The summed E-state index contributed by atoms with van der Waals surface area (Å²) in [6, 6.07) is 21.5. The van der Waals surface area contributed by atoms with E-state index in [9.17, 15) is 5.11 Å². The molecule has 0 aliphatic carbocycles. The van der Waals surface area contributed by atoms with Gasteiger partial charge >= 0.3 is 0 Å². The maximum absolute atomic E-state index is 9.67. The van der Waals surface area contributed by atoms with Crippen LogP contribution in [0.25, 0.3) is 10.6 Å². The van der Waals surface area contributed by atoms with Crippen molar-refractivity contribution in [2.75, 3.05) is 6.54 Å². The molecule has 4 rings (SSSR count). The van der Waals surface area contributed by atoms with Crippen LogP contribution in [0, 0.1) is 0 Å². The highest BCUT2D eigenvalue weighted by Gasteiger charge is 2.08. The number of nitrogens with zero attached hydrogens (tertiary/aromatic N) is 3. The average Bonchev–Trinajstić information content (AvgIpc) is 3.37. The summed E-state index contributed by atoms with van der Waals surface area (Å²) in [4.78, 5) is 6.79. The number of aromatic hydroxyl groups is 1. The van der Waals surface area contributed by atoms with Crippen LogP contribution in [0.4, 0.5) is 0 Å². The fraction of sp³-hybridized carbons (Fsp3) is 0.0909. The Morgan fingerprint density at radius 1 is 0.964 bits per heavy atom. The highest BCUT2D eigenvalue weighted by Crippen LogP contribution is 2.25. The monoisotopic (exact) mass is 405 g/mol. The molecular formula is C22H19N3OS2. The highest BCUT2D eigenvalue weighted by molar-refractivity contribution is 7.14. The average molecular weight is 406 g/mol. The zero-order valence-electron chi connectivity index (χ0n) is 15.1. The van der Waals surface area contributed by atoms with Gasteiger partial charge in [0.25, 0.3) is 0 Å². The zero-order chi connectivity index (χ0) is 19.2. The molecule has 0 fully saturated rings. The van der Waals surface area contributed by atoms with Crippen molar-refractivity contribution >= 4 is 28.9 Å². The van der Waals surface area contributed by atoms with Crippen LogP contribution in [0.15, 0.2) is 87.6 Å². The third-order valence-corrected chi connectivity index (χ3v) is 5.89. The number of thiazole rings is 1. The van der Waals surface area contributed by atoms with Crippen LogP contribution < -0.4 is 4.80 Å². The Labute approximate surface area is 171 Å². The standard InChI is InChI=1S/C22H19N3OS2/c26-19-9-4-8-18(14-19)15-24-25-20(21-10-5-13-27-21)16-28-22(25)23-12-11-17-6-2-1-3-7-17/h1-10,13-16,26H,11-12H2. The quantitative estimate of drug-likeness (QED) is 0.451. The van der Waals surface area contributed by atoms with E-state index in [-0.39, 0.29) is 5.75 Å². The van der Waals surface area contributed by atoms with Gasteiger partial charge in [-0.1, -0.05) is 48.5 Å². The van der Waals surface area contributed by atoms with Crippen LogP contribution in [-0.2, 0) is 6.42 Å². The molecule has 4 aromatic rings. The largest absolute Gasteiger partial charge is 0.508 e. The summed E-state index contributed by atoms with van der Waals surface area (Å²) >= 11 is 3.27. The molecule has 0 aliphatic heterocycles. The smallest absolute Gasteiger partial charge is 0.206 e. The van der Waals surface area contributed by atoms with Crippen LogP contribution in [0.2, 0.25) is 0 Å². The second-order valence-electron chi connectivity index (χ2n) is 6.15. The number of phenolic OH excluding ortho intramolecular Hbond substituents is 1. The third-order valence-electron chi connectivity index (χ3n) is 4.14. The number of hydrogen-bond acceptors (Lipinski definition) is 5. The third kappa shape index (κ3) is 4.47. The first-order chi connectivity index (χ1) is 13.8. The number of aromatic nitrogens is 1. The van der Waals surface area contributed by atoms with Crippen molar-refractivity contribution in [3.05, 3.63) is 93.4 Å². The molecule has 0 amide bonds. The first kappa shape index (κ1) is 18.4. The number of rotatable bonds is 6. The molecular weight excluding hydrogens is 386 g/mol. The van der Waals surface area contributed by atoms with E-state index in [0.717, 1.165) is 27.4 Å². The van der Waals surface area contributed by atoms with E-state index in [1.165, 1.54) is 5.56 Å². The summed E-state index contributed by atoms with van der Waals surface area (Å²) < 4.78 is 1.88. The summed E-state index contributed by atoms with van der Waals surface area (Å²) in [5, 5.41) is 18.5. The van der Waals surface area contributed by atoms with Gasteiger partial charge in [0, 0.05) is 11.9 Å². The molecule has 4 nitrogen and oxygen atoms in total. The molecule has 0 bridgehead atoms. The molecule has 0 saturated heterocycles. The van der Waals surface area contributed by atoms with E-state index in [1.807, 2.05) is 22.9 Å². The van der Waals surface area contributed by atoms with Gasteiger partial charge in [-0.05, 0) is 41.1 Å². The molecule has 140 valence electrons. The Bertz CT molecular complexity index is 1130. The Morgan fingerprint density at radius 3 is 2.64 bits per heavy atom. The van der Waals surface area contributed by atoms with Crippen LogP contribution in [0.5, 0.6) is 5.75 Å². The first-order valence-electron chi connectivity index (χ1n) is 8.92. The number of benzene rings is 2. The van der Waals surface area contributed by atoms with E-state index in [0.29, 0.717) is 6.54 Å². The predicted octanol–water partition coefficient (Wildman–Crippen LogP) is 5.01. The van der Waals surface area contributed by atoms with Gasteiger partial charge < -0.3 is 5.11 Å². The van der Waals surface area contributed by atoms with Crippen molar-refractivity contribution in [1.29, 1.82) is 0 Å². The van der Waals surface area contributed by atoms with Gasteiger partial charge in [-0.2, -0.15) is 5.10 Å². The summed E-state index contributed by atoms with van der Waals surface area (Å²) in [6.07, 6.45) is 2.64. The number of phenols is 1. The molecule has 1 N–H and O–H groups in total. The molecule has 6 heteroatoms. The fourth-order valence-corrected chi connectivity index (χ4v) is 4.43. The van der Waals surface area contributed by atoms with Crippen molar-refractivity contribution in [3.8, 4) is 16.3 Å². The SMILES string of the molecule is Oc1cccc(C=Nn2c(-c3cccs3)csc2=NCCc2ccccc2)c1. The van der Waals surface area contributed by atoms with Crippen LogP contribution in [-0.4, -0.2) is 22.5 Å². The van der Waals surface area contributed by atoms with Crippen molar-refractivity contribution in [2.24, 2.45) is 10.1 Å². The lowest BCUT2D eigenvalue weighted by Crippen LogP contribution is -2.13. The molecule has 2 aromatic heterocycles. The Balaban J connectivity index is 1.65. The normalized spacial score (nSPS) is 12.1. The van der Waals surface area contributed by atoms with Crippen molar-refractivity contribution in [1.82, 2.24) is 4.68 Å². The van der Waals surface area contributed by atoms with Crippen LogP contribution >= 0.6 is 22.7 Å². The summed E-state index contributed by atoms with van der Waals surface area (Å²) in [6.45, 7) is 0.704. The Morgan fingerprint density at radius 2 is 1.86 bits per heavy atom. The number of thiophene rings is 1. The van der Waals surface area contributed by atoms with E-state index >= 15 is 0 Å². The van der Waals surface area contributed by atoms with Gasteiger partial charge in [-0.25, -0.2) is 4.68 Å². The van der Waals surface area contributed by atoms with Crippen molar-refractivity contribution in [3.63, 3.8) is 0 Å². The Hall–Kier alpha value is -2.96. The van der Waals surface area contributed by atoms with Crippen LogP contribution in [0.3, 0.4) is 0 Å². The highest BCUT2D eigenvalue weighted by atomic mass is 32.1. The lowest BCUT2D eigenvalue weighted by atomic mass is 10.2. The fourth-order valence-electron chi connectivity index (χ4n) is 2.77. The molecule has 0 unspecified atom stereocenters. The maximum Gasteiger partial charge on any atom is 0.206 e. The van der Waals surface area contributed by atoms with Gasteiger partial charge in [0.2, 0.25) is 4.80 Å². The summed E-state index contributed by atoms with van der Waals surface area (Å²) in [7, 11) is 0. The van der Waals surface area contributed by atoms with E-state index in [1.54, 1.807) is 47.1 Å². The lowest BCUT2D eigenvalue weighted by Gasteiger charge is -2.02. The van der Waals surface area contributed by atoms with Crippen molar-refractivity contribution in [2.45, 2.75) is 6.42 Å². The minimum absolute atomic E-state index is 0.227. The maximum atomic E-state index is 9.67. The number of hydrogen-bond donors (Lipinski definition) is 1. The van der Waals surface area contributed by atoms with E-state index in [2.05, 4.69) is 46.2 Å². The molecule has 0 saturated carbocycles.